The van der Waals surface area contributed by atoms with Gasteiger partial charge in [-0.25, -0.2) is 4.79 Å². The Morgan fingerprint density at radius 3 is 2.25 bits per heavy atom. The van der Waals surface area contributed by atoms with Crippen LogP contribution < -0.4 is 20.8 Å². The molecule has 1 aliphatic carbocycles. The molecule has 6 aliphatic rings. The summed E-state index contributed by atoms with van der Waals surface area (Å²) in [5.74, 6) is 0.825. The summed E-state index contributed by atoms with van der Waals surface area (Å²) in [6.45, 7) is 13.9. The number of carbonyl (C=O) groups is 3. The van der Waals surface area contributed by atoms with Crippen molar-refractivity contribution in [2.45, 2.75) is 115 Å². The van der Waals surface area contributed by atoms with Crippen LogP contribution in [0.4, 0.5) is 24.5 Å². The zero-order valence-corrected chi connectivity index (χ0v) is 43.9. The third-order valence-corrected chi connectivity index (χ3v) is 18.0. The third-order valence-electron chi connectivity index (χ3n) is 18.0. The number of hydrogen-bond acceptors (Lipinski definition) is 9. The number of amides is 3. The number of nitrogens with one attached hydrogen (secondary N) is 1. The first-order valence-electron chi connectivity index (χ1n) is 27.3. The number of piperidine rings is 3. The number of aromatic nitrogens is 5. The maximum atomic E-state index is 14.9. The first kappa shape index (κ1) is 50.2. The van der Waals surface area contributed by atoms with Crippen LogP contribution in [0.2, 0.25) is 0 Å². The van der Waals surface area contributed by atoms with Crippen LogP contribution >= 0.6 is 0 Å². The van der Waals surface area contributed by atoms with Gasteiger partial charge >= 0.3 is 11.9 Å². The molecule has 14 nitrogen and oxygen atoms in total. The maximum Gasteiger partial charge on any atom is 0.416 e. The second kappa shape index (κ2) is 19.1. The minimum Gasteiger partial charge on any atom is -0.370 e. The van der Waals surface area contributed by atoms with Crippen molar-refractivity contribution in [3.05, 3.63) is 129 Å². The lowest BCUT2D eigenvalue weighted by atomic mass is 9.57. The molecule has 1 unspecified atom stereocenters. The number of rotatable bonds is 12. The van der Waals surface area contributed by atoms with Crippen molar-refractivity contribution in [2.24, 2.45) is 24.3 Å². The minimum atomic E-state index is -4.64. The van der Waals surface area contributed by atoms with Gasteiger partial charge in [0, 0.05) is 81.9 Å². The van der Waals surface area contributed by atoms with E-state index in [9.17, 15) is 32.3 Å². The second-order valence-corrected chi connectivity index (χ2v) is 23.6. The average Bonchev–Trinajstić information content (AvgIpc) is 4.05. The number of fused-ring (bicyclic) bond motifs is 2. The molecule has 1 saturated carbocycles. The largest absolute Gasteiger partial charge is 0.416 e. The van der Waals surface area contributed by atoms with Crippen LogP contribution in [-0.4, -0.2) is 97.2 Å². The Labute approximate surface area is 440 Å². The van der Waals surface area contributed by atoms with Gasteiger partial charge in [-0.1, -0.05) is 49.4 Å². The molecule has 1 N–H and O–H groups in total. The predicted molar refractivity (Wildman–Crippen MR) is 285 cm³/mol. The molecule has 5 fully saturated rings. The maximum absolute atomic E-state index is 14.9. The Hall–Kier alpha value is -6.59. The van der Waals surface area contributed by atoms with E-state index < -0.39 is 29.6 Å². The molecule has 17 heteroatoms. The first-order chi connectivity index (χ1) is 36.4. The Balaban J connectivity index is 0.649. The van der Waals surface area contributed by atoms with Crippen LogP contribution in [0.1, 0.15) is 123 Å². The van der Waals surface area contributed by atoms with E-state index >= 15 is 0 Å². The molecular weight excluding hydrogens is 970 g/mol. The number of para-hydroxylation sites is 1. The summed E-state index contributed by atoms with van der Waals surface area (Å²) in [7, 11) is 1.93. The van der Waals surface area contributed by atoms with Crippen LogP contribution in [-0.2, 0) is 47.7 Å². The van der Waals surface area contributed by atoms with Gasteiger partial charge in [0.05, 0.1) is 28.8 Å². The zero-order chi connectivity index (χ0) is 52.8. The highest BCUT2D eigenvalue weighted by Crippen LogP contribution is 2.51. The van der Waals surface area contributed by atoms with Crippen molar-refractivity contribution >= 4 is 40.1 Å². The van der Waals surface area contributed by atoms with E-state index in [-0.39, 0.29) is 47.1 Å². The molecule has 5 aliphatic heterocycles. The molecule has 76 heavy (non-hydrogen) atoms. The van der Waals surface area contributed by atoms with Gasteiger partial charge in [-0.15, -0.1) is 10.2 Å². The fourth-order valence-corrected chi connectivity index (χ4v) is 14.1. The lowest BCUT2D eigenvalue weighted by Crippen LogP contribution is -2.60. The highest BCUT2D eigenvalue weighted by atomic mass is 19.4. The van der Waals surface area contributed by atoms with Crippen molar-refractivity contribution in [1.82, 2.24) is 39.0 Å². The fraction of sp³-hybridized carbons (Fsp3) is 0.492. The zero-order valence-electron chi connectivity index (χ0n) is 43.9. The average molecular weight is 1040 g/mol. The first-order valence-corrected chi connectivity index (χ1v) is 27.3. The lowest BCUT2D eigenvalue weighted by Gasteiger charge is -2.54. The van der Waals surface area contributed by atoms with Crippen molar-refractivity contribution in [3.63, 3.8) is 0 Å². The molecule has 3 amide bonds. The van der Waals surface area contributed by atoms with E-state index in [0.29, 0.717) is 46.9 Å². The van der Waals surface area contributed by atoms with Crippen LogP contribution in [0.3, 0.4) is 0 Å². The number of benzene rings is 4. The SMILES string of the molecule is CC1CC(Cc2nncn2C)(c2cccc(N3Cc4c(cc(-c5ccc(CN6CC7(CCN(CC8CCN(c9cccc%10c9n(C(C)C)c(=O)n%10C9CCC(=O)NC9=O)CC8)CC7)C6)cc5)cc4C(F)(F)F)C3=O)c2)C1. The summed E-state index contributed by atoms with van der Waals surface area (Å²) in [6, 6.07) is 23.6. The van der Waals surface area contributed by atoms with Gasteiger partial charge < -0.3 is 19.3 Å². The summed E-state index contributed by atoms with van der Waals surface area (Å²) >= 11 is 0. The summed E-state index contributed by atoms with van der Waals surface area (Å²) in [5, 5.41) is 10.8. The highest BCUT2D eigenvalue weighted by Gasteiger charge is 2.47. The number of alkyl halides is 3. The standard InChI is InChI=1S/C59H67F3N10O4/c1-37(2)71-53-48(9-6-10-49(53)72(56(71)76)50-15-16-52(73)64-54(50)74)69-21-17-40(18-22-69)31-67-23-19-57(20-24-67)34-68(35-57)32-39-11-13-41(14-12-39)42-25-45-46(47(26-42)59(60,61)62)33-70(55(45)75)44-8-5-7-43(27-44)58(28-38(3)29-58)30-51-65-63-36-66(51)4/h5-14,25-27,36-38,40,50H,15-24,28-35H2,1-4H3,(H,64,73,74). The number of imide groups is 1. The lowest BCUT2D eigenvalue weighted by molar-refractivity contribution is -0.138. The number of carbonyl (C=O) groups excluding carboxylic acids is 3. The van der Waals surface area contributed by atoms with Crippen LogP contribution in [0.5, 0.6) is 0 Å². The quantitative estimate of drug-likeness (QED) is 0.119. The minimum absolute atomic E-state index is 0.0153. The van der Waals surface area contributed by atoms with Gasteiger partial charge in [0.1, 0.15) is 18.2 Å². The van der Waals surface area contributed by atoms with Crippen molar-refractivity contribution in [3.8, 4) is 11.1 Å². The molecule has 4 saturated heterocycles. The molecule has 1 atom stereocenters. The van der Waals surface area contributed by atoms with Gasteiger partial charge in [0.25, 0.3) is 5.91 Å². The number of aryl methyl sites for hydroxylation is 1. The molecule has 7 heterocycles. The van der Waals surface area contributed by atoms with E-state index in [0.717, 1.165) is 125 Å². The molecular formula is C59H67F3N10O4. The number of halogens is 3. The molecule has 6 aromatic rings. The second-order valence-electron chi connectivity index (χ2n) is 23.6. The molecule has 4 aromatic carbocycles. The number of nitrogens with zero attached hydrogens (tertiary/aromatic N) is 9. The van der Waals surface area contributed by atoms with Gasteiger partial charge in [-0.3, -0.25) is 33.7 Å². The smallest absolute Gasteiger partial charge is 0.370 e. The van der Waals surface area contributed by atoms with Crippen molar-refractivity contribution < 1.29 is 27.6 Å². The number of likely N-dealkylation sites (tertiary alicyclic amines) is 2. The molecule has 0 radical (unpaired) electrons. The number of anilines is 2. The van der Waals surface area contributed by atoms with Gasteiger partial charge in [-0.05, 0) is 153 Å². The normalized spacial score (nSPS) is 23.4. The highest BCUT2D eigenvalue weighted by molar-refractivity contribution is 6.11. The van der Waals surface area contributed by atoms with E-state index in [1.807, 2.05) is 84.6 Å². The Morgan fingerprint density at radius 1 is 0.842 bits per heavy atom. The predicted octanol–water partition coefficient (Wildman–Crippen LogP) is 9.06. The Bertz CT molecular complexity index is 3290. The van der Waals surface area contributed by atoms with E-state index in [4.69, 9.17) is 0 Å². The number of imidazole rings is 1. The Kier molecular flexibility index (Phi) is 12.7. The summed E-state index contributed by atoms with van der Waals surface area (Å²) < 4.78 is 50.0. The topological polar surface area (TPSA) is 134 Å². The van der Waals surface area contributed by atoms with Crippen LogP contribution in [0, 0.1) is 17.3 Å². The van der Waals surface area contributed by atoms with Crippen molar-refractivity contribution in [2.75, 3.05) is 55.6 Å². The fourth-order valence-electron chi connectivity index (χ4n) is 14.1. The summed E-state index contributed by atoms with van der Waals surface area (Å²) in [4.78, 5) is 62.0. The van der Waals surface area contributed by atoms with Crippen LogP contribution in [0.25, 0.3) is 22.2 Å². The molecule has 12 rings (SSSR count). The van der Waals surface area contributed by atoms with Gasteiger partial charge in [0.15, 0.2) is 0 Å². The van der Waals surface area contributed by atoms with E-state index in [2.05, 4.69) is 49.3 Å². The van der Waals surface area contributed by atoms with E-state index in [1.165, 1.54) is 11.0 Å². The van der Waals surface area contributed by atoms with E-state index in [1.54, 1.807) is 17.0 Å². The van der Waals surface area contributed by atoms with Crippen molar-refractivity contribution in [1.29, 1.82) is 0 Å². The molecule has 1 spiro atoms. The number of hydrogen-bond donors (Lipinski definition) is 1. The summed E-state index contributed by atoms with van der Waals surface area (Å²) in [5.41, 5.74) is 5.62. The van der Waals surface area contributed by atoms with Crippen LogP contribution in [0.15, 0.2) is 90.0 Å². The van der Waals surface area contributed by atoms with Gasteiger partial charge in [-0.2, -0.15) is 13.2 Å². The van der Waals surface area contributed by atoms with Gasteiger partial charge in [0.2, 0.25) is 11.8 Å². The third kappa shape index (κ3) is 9.03. The monoisotopic (exact) mass is 1040 g/mol. The molecule has 2 aromatic heterocycles. The molecule has 398 valence electrons. The summed E-state index contributed by atoms with van der Waals surface area (Å²) in [6.07, 6.45) is 4.57. The Morgan fingerprint density at radius 2 is 1.58 bits per heavy atom. The molecule has 0 bridgehead atoms.